The molecule has 8 nitrogen and oxygen atoms in total. The van der Waals surface area contributed by atoms with Gasteiger partial charge in [0.15, 0.2) is 6.10 Å². The van der Waals surface area contributed by atoms with Crippen molar-refractivity contribution >= 4 is 50.5 Å². The lowest BCUT2D eigenvalue weighted by Gasteiger charge is -2.13. The van der Waals surface area contributed by atoms with E-state index in [2.05, 4.69) is 14.9 Å². The van der Waals surface area contributed by atoms with Crippen LogP contribution in [0.1, 0.15) is 42.1 Å². The second-order valence-electron chi connectivity index (χ2n) is 6.63. The monoisotopic (exact) mass is 487 g/mol. The number of esters is 1. The molecule has 1 unspecified atom stereocenters. The summed E-state index contributed by atoms with van der Waals surface area (Å²) in [7, 11) is -3.89. The Balaban J connectivity index is 1.55. The number of halogens is 2. The molecule has 4 rings (SSSR count). The van der Waals surface area contributed by atoms with Gasteiger partial charge in [0.05, 0.1) is 20.5 Å². The fraction of sp³-hybridized carbons (Fsp3) is 0.278. The van der Waals surface area contributed by atoms with Gasteiger partial charge in [0.25, 0.3) is 11.8 Å². The normalized spacial score (nSPS) is 15.2. The first kappa shape index (κ1) is 21.3. The number of benzene rings is 1. The van der Waals surface area contributed by atoms with Crippen LogP contribution in [0, 0.1) is 0 Å². The van der Waals surface area contributed by atoms with Crippen LogP contribution in [0.5, 0.6) is 0 Å². The molecular formula is C18H15Cl2N3O5S2. The Morgan fingerprint density at radius 3 is 2.73 bits per heavy atom. The molecule has 3 aromatic rings. The average molecular weight is 488 g/mol. The van der Waals surface area contributed by atoms with Gasteiger partial charge in [-0.15, -0.1) is 21.5 Å². The van der Waals surface area contributed by atoms with Gasteiger partial charge < -0.3 is 9.15 Å². The third-order valence-electron chi connectivity index (χ3n) is 4.23. The molecule has 0 saturated heterocycles. The maximum Gasteiger partial charge on any atom is 0.340 e. The fourth-order valence-electron chi connectivity index (χ4n) is 2.55. The SMILES string of the molecule is CC(OC(=O)c1cc(S(=O)(=O)NC2CC2)c(Cl)cc1Cl)c1nnc(-c2cccs2)o1. The molecule has 0 amide bonds. The molecule has 1 atom stereocenters. The van der Waals surface area contributed by atoms with E-state index >= 15 is 0 Å². The molecule has 0 aliphatic heterocycles. The molecular weight excluding hydrogens is 473 g/mol. The van der Waals surface area contributed by atoms with Crippen LogP contribution in [0.25, 0.3) is 10.8 Å². The third-order valence-corrected chi connectivity index (χ3v) is 7.39. The van der Waals surface area contributed by atoms with E-state index in [1.807, 2.05) is 17.5 Å². The number of ether oxygens (including phenoxy) is 1. The van der Waals surface area contributed by atoms with Crippen molar-refractivity contribution in [2.45, 2.75) is 36.8 Å². The minimum atomic E-state index is -3.89. The minimum absolute atomic E-state index is 0.0348. The zero-order chi connectivity index (χ0) is 21.5. The molecule has 0 bridgehead atoms. The molecule has 1 aliphatic carbocycles. The second-order valence-corrected chi connectivity index (χ2v) is 10.1. The predicted molar refractivity (Wildman–Crippen MR) is 111 cm³/mol. The van der Waals surface area contributed by atoms with Gasteiger partial charge >= 0.3 is 5.97 Å². The molecule has 1 fully saturated rings. The summed E-state index contributed by atoms with van der Waals surface area (Å²) in [4.78, 5) is 13.2. The van der Waals surface area contributed by atoms with Gasteiger partial charge in [-0.05, 0) is 43.3 Å². The summed E-state index contributed by atoms with van der Waals surface area (Å²) < 4.78 is 38.5. The first-order valence-electron chi connectivity index (χ1n) is 8.84. The van der Waals surface area contributed by atoms with Gasteiger partial charge in [-0.25, -0.2) is 17.9 Å². The number of nitrogens with zero attached hydrogens (tertiary/aromatic N) is 2. The summed E-state index contributed by atoms with van der Waals surface area (Å²) in [5.41, 5.74) is -0.137. The highest BCUT2D eigenvalue weighted by Gasteiger charge is 2.31. The van der Waals surface area contributed by atoms with Gasteiger partial charge in [0.1, 0.15) is 4.90 Å². The predicted octanol–water partition coefficient (Wildman–Crippen LogP) is 4.46. The second kappa shape index (κ2) is 8.27. The molecule has 158 valence electrons. The van der Waals surface area contributed by atoms with Gasteiger partial charge in [-0.1, -0.05) is 29.3 Å². The van der Waals surface area contributed by atoms with E-state index in [0.717, 1.165) is 23.8 Å². The van der Waals surface area contributed by atoms with E-state index in [0.29, 0.717) is 5.89 Å². The summed E-state index contributed by atoms with van der Waals surface area (Å²) in [5, 5.41) is 9.59. The molecule has 2 aromatic heterocycles. The van der Waals surface area contributed by atoms with E-state index in [9.17, 15) is 13.2 Å². The van der Waals surface area contributed by atoms with Crippen molar-refractivity contribution in [2.75, 3.05) is 0 Å². The Kier molecular flexibility index (Phi) is 5.86. The Hall–Kier alpha value is -1.98. The summed E-state index contributed by atoms with van der Waals surface area (Å²) in [6.45, 7) is 1.56. The largest absolute Gasteiger partial charge is 0.449 e. The highest BCUT2D eigenvalue weighted by Crippen LogP contribution is 2.32. The van der Waals surface area contributed by atoms with Crippen molar-refractivity contribution in [3.63, 3.8) is 0 Å². The van der Waals surface area contributed by atoms with Crippen LogP contribution in [0.4, 0.5) is 0 Å². The number of rotatable bonds is 7. The van der Waals surface area contributed by atoms with E-state index in [4.69, 9.17) is 32.4 Å². The number of thiophene rings is 1. The Morgan fingerprint density at radius 1 is 1.30 bits per heavy atom. The van der Waals surface area contributed by atoms with Crippen molar-refractivity contribution in [2.24, 2.45) is 0 Å². The number of sulfonamides is 1. The van der Waals surface area contributed by atoms with Crippen LogP contribution in [-0.4, -0.2) is 30.6 Å². The van der Waals surface area contributed by atoms with Crippen molar-refractivity contribution in [1.29, 1.82) is 0 Å². The van der Waals surface area contributed by atoms with Crippen LogP contribution < -0.4 is 4.72 Å². The van der Waals surface area contributed by atoms with Gasteiger partial charge in [0.2, 0.25) is 10.0 Å². The van der Waals surface area contributed by atoms with E-state index in [1.165, 1.54) is 17.4 Å². The number of hydrogen-bond donors (Lipinski definition) is 1. The summed E-state index contributed by atoms with van der Waals surface area (Å²) >= 11 is 13.6. The Morgan fingerprint density at radius 2 is 2.07 bits per heavy atom. The molecule has 2 heterocycles. The van der Waals surface area contributed by atoms with Gasteiger partial charge in [0, 0.05) is 6.04 Å². The highest BCUT2D eigenvalue weighted by molar-refractivity contribution is 7.89. The molecule has 12 heteroatoms. The highest BCUT2D eigenvalue weighted by atomic mass is 35.5. The van der Waals surface area contributed by atoms with E-state index in [1.54, 1.807) is 6.92 Å². The zero-order valence-corrected chi connectivity index (χ0v) is 18.6. The number of nitrogens with one attached hydrogen (secondary N) is 1. The van der Waals surface area contributed by atoms with Crippen molar-refractivity contribution in [3.05, 3.63) is 51.1 Å². The standard InChI is InChI=1S/C18H15Cl2N3O5S2/c1-9(16-21-22-17(28-16)14-3-2-6-29-14)27-18(24)11-7-15(13(20)8-12(11)19)30(25,26)23-10-4-5-10/h2-3,6-10,23H,4-5H2,1H3. The van der Waals surface area contributed by atoms with Crippen molar-refractivity contribution in [1.82, 2.24) is 14.9 Å². The fourth-order valence-corrected chi connectivity index (χ4v) is 5.35. The maximum atomic E-state index is 12.7. The topological polar surface area (TPSA) is 111 Å². The minimum Gasteiger partial charge on any atom is -0.449 e. The number of carbonyl (C=O) groups is 1. The van der Waals surface area contributed by atoms with Crippen LogP contribution in [-0.2, 0) is 14.8 Å². The first-order valence-corrected chi connectivity index (χ1v) is 12.0. The Bertz CT molecular complexity index is 1190. The smallest absolute Gasteiger partial charge is 0.340 e. The van der Waals surface area contributed by atoms with Crippen molar-refractivity contribution in [3.8, 4) is 10.8 Å². The lowest BCUT2D eigenvalue weighted by Crippen LogP contribution is -2.26. The Labute approximate surface area is 186 Å². The third kappa shape index (κ3) is 4.52. The van der Waals surface area contributed by atoms with Crippen molar-refractivity contribution < 1.29 is 22.4 Å². The lowest BCUT2D eigenvalue weighted by molar-refractivity contribution is 0.0280. The first-order chi connectivity index (χ1) is 14.2. The molecule has 1 saturated carbocycles. The molecule has 1 aliphatic rings. The lowest BCUT2D eigenvalue weighted by atomic mass is 10.2. The van der Waals surface area contributed by atoms with E-state index in [-0.39, 0.29) is 32.4 Å². The summed E-state index contributed by atoms with van der Waals surface area (Å²) in [5.74, 6) is -0.435. The average Bonchev–Trinajstić information content (AvgIpc) is 3.13. The summed E-state index contributed by atoms with van der Waals surface area (Å²) in [6.07, 6.45) is 0.637. The van der Waals surface area contributed by atoms with Gasteiger partial charge in [-0.2, -0.15) is 0 Å². The van der Waals surface area contributed by atoms with Gasteiger partial charge in [-0.3, -0.25) is 0 Å². The molecule has 30 heavy (non-hydrogen) atoms. The number of carbonyl (C=O) groups excluding carboxylic acids is 1. The maximum absolute atomic E-state index is 12.7. The summed E-state index contributed by atoms with van der Waals surface area (Å²) in [6, 6.07) is 5.86. The van der Waals surface area contributed by atoms with Crippen LogP contribution in [0.2, 0.25) is 10.0 Å². The molecule has 1 N–H and O–H groups in total. The number of aromatic nitrogens is 2. The molecule has 0 radical (unpaired) electrons. The number of hydrogen-bond acceptors (Lipinski definition) is 8. The molecule has 0 spiro atoms. The van der Waals surface area contributed by atoms with Crippen LogP contribution in [0.3, 0.4) is 0 Å². The van der Waals surface area contributed by atoms with Crippen LogP contribution in [0.15, 0.2) is 39.0 Å². The molecule has 1 aromatic carbocycles. The van der Waals surface area contributed by atoms with E-state index < -0.39 is 22.1 Å². The van der Waals surface area contributed by atoms with Crippen LogP contribution >= 0.6 is 34.5 Å². The quantitative estimate of drug-likeness (QED) is 0.489. The zero-order valence-electron chi connectivity index (χ0n) is 15.5.